The molecular weight excluding hydrogens is 326 g/mol. The Morgan fingerprint density at radius 3 is 2.62 bits per heavy atom. The standard InChI is InChI=1S/C17H27N3O3S/c1-13-4-3-5-16(14(13)2)19-17-7-6-15(12-18-17)24(21,22)20-8-10-23-11-9-20/h6-7,12-14,16H,3-5,8-11H2,1-2H3,(H,18,19)/t13-,14+,16+/m0/s1. The minimum Gasteiger partial charge on any atom is -0.379 e. The predicted molar refractivity (Wildman–Crippen MR) is 93.4 cm³/mol. The molecule has 0 aromatic carbocycles. The summed E-state index contributed by atoms with van der Waals surface area (Å²) in [6.07, 6.45) is 5.11. The molecule has 24 heavy (non-hydrogen) atoms. The van der Waals surface area contributed by atoms with Gasteiger partial charge in [0, 0.05) is 25.3 Å². The van der Waals surface area contributed by atoms with Gasteiger partial charge in [-0.1, -0.05) is 26.7 Å². The number of hydrogen-bond acceptors (Lipinski definition) is 5. The summed E-state index contributed by atoms with van der Waals surface area (Å²) in [4.78, 5) is 4.60. The van der Waals surface area contributed by atoms with Crippen LogP contribution in [-0.2, 0) is 14.8 Å². The summed E-state index contributed by atoms with van der Waals surface area (Å²) in [7, 11) is -3.47. The number of ether oxygens (including phenoxy) is 1. The number of nitrogens with zero attached hydrogens (tertiary/aromatic N) is 2. The van der Waals surface area contributed by atoms with Crippen molar-refractivity contribution >= 4 is 15.8 Å². The van der Waals surface area contributed by atoms with E-state index in [9.17, 15) is 8.42 Å². The van der Waals surface area contributed by atoms with Gasteiger partial charge >= 0.3 is 0 Å². The highest BCUT2D eigenvalue weighted by Crippen LogP contribution is 2.31. The molecule has 2 heterocycles. The summed E-state index contributed by atoms with van der Waals surface area (Å²) in [5, 5.41) is 3.48. The van der Waals surface area contributed by atoms with E-state index in [-0.39, 0.29) is 4.90 Å². The number of pyridine rings is 1. The molecule has 134 valence electrons. The molecule has 3 rings (SSSR count). The molecule has 1 N–H and O–H groups in total. The van der Waals surface area contributed by atoms with Gasteiger partial charge in [-0.2, -0.15) is 4.31 Å². The Morgan fingerprint density at radius 1 is 1.21 bits per heavy atom. The minimum atomic E-state index is -3.47. The van der Waals surface area contributed by atoms with Crippen LogP contribution >= 0.6 is 0 Å². The van der Waals surface area contributed by atoms with Gasteiger partial charge in [0.25, 0.3) is 0 Å². The maximum absolute atomic E-state index is 12.6. The molecule has 1 saturated carbocycles. The van der Waals surface area contributed by atoms with E-state index in [1.54, 1.807) is 12.1 Å². The third kappa shape index (κ3) is 3.73. The van der Waals surface area contributed by atoms with Crippen LogP contribution in [-0.4, -0.2) is 50.1 Å². The Hall–Kier alpha value is -1.18. The lowest BCUT2D eigenvalue weighted by atomic mass is 9.78. The number of sulfonamides is 1. The fraction of sp³-hybridized carbons (Fsp3) is 0.706. The van der Waals surface area contributed by atoms with Crippen LogP contribution in [0.1, 0.15) is 33.1 Å². The van der Waals surface area contributed by atoms with Crippen LogP contribution < -0.4 is 5.32 Å². The number of rotatable bonds is 4. The summed E-state index contributed by atoms with van der Waals surface area (Å²) < 4.78 is 31.9. The number of nitrogens with one attached hydrogen (secondary N) is 1. The van der Waals surface area contributed by atoms with E-state index in [2.05, 4.69) is 24.1 Å². The minimum absolute atomic E-state index is 0.250. The monoisotopic (exact) mass is 353 g/mol. The molecule has 1 aliphatic carbocycles. The van der Waals surface area contributed by atoms with E-state index in [4.69, 9.17) is 4.74 Å². The molecule has 1 aromatic rings. The van der Waals surface area contributed by atoms with E-state index >= 15 is 0 Å². The second kappa shape index (κ2) is 7.37. The first-order valence-electron chi connectivity index (χ1n) is 8.79. The maximum Gasteiger partial charge on any atom is 0.244 e. The summed E-state index contributed by atoms with van der Waals surface area (Å²) in [5.74, 6) is 2.05. The molecule has 2 fully saturated rings. The van der Waals surface area contributed by atoms with Gasteiger partial charge in [-0.3, -0.25) is 0 Å². The fourth-order valence-electron chi connectivity index (χ4n) is 3.53. The lowest BCUT2D eigenvalue weighted by molar-refractivity contribution is 0.0730. The summed E-state index contributed by atoms with van der Waals surface area (Å²) >= 11 is 0. The molecule has 0 radical (unpaired) electrons. The second-order valence-corrected chi connectivity index (χ2v) is 8.85. The van der Waals surface area contributed by atoms with Crippen molar-refractivity contribution in [3.63, 3.8) is 0 Å². The Morgan fingerprint density at radius 2 is 1.96 bits per heavy atom. The highest BCUT2D eigenvalue weighted by atomic mass is 32.2. The molecule has 2 aliphatic rings. The molecule has 1 aliphatic heterocycles. The Balaban J connectivity index is 1.69. The summed E-state index contributed by atoms with van der Waals surface area (Å²) in [5.41, 5.74) is 0. The van der Waals surface area contributed by atoms with Gasteiger partial charge in [0.15, 0.2) is 0 Å². The molecular formula is C17H27N3O3S. The van der Waals surface area contributed by atoms with Crippen LogP contribution in [0.25, 0.3) is 0 Å². The number of anilines is 1. The van der Waals surface area contributed by atoms with Crippen molar-refractivity contribution in [2.45, 2.75) is 44.0 Å². The molecule has 6 nitrogen and oxygen atoms in total. The highest BCUT2D eigenvalue weighted by molar-refractivity contribution is 7.89. The van der Waals surface area contributed by atoms with Gasteiger partial charge in [0.05, 0.1) is 13.2 Å². The number of hydrogen-bond donors (Lipinski definition) is 1. The first kappa shape index (κ1) is 17.6. The number of morpholine rings is 1. The largest absolute Gasteiger partial charge is 0.379 e. The normalized spacial score (nSPS) is 29.3. The third-order valence-corrected chi connectivity index (χ3v) is 7.27. The van der Waals surface area contributed by atoms with E-state index in [0.717, 1.165) is 12.2 Å². The van der Waals surface area contributed by atoms with Crippen molar-refractivity contribution in [3.05, 3.63) is 18.3 Å². The second-order valence-electron chi connectivity index (χ2n) is 6.91. The van der Waals surface area contributed by atoms with Crippen molar-refractivity contribution in [1.29, 1.82) is 0 Å². The molecule has 3 atom stereocenters. The van der Waals surface area contributed by atoms with Crippen molar-refractivity contribution in [2.24, 2.45) is 11.8 Å². The van der Waals surface area contributed by atoms with Crippen LogP contribution in [0.4, 0.5) is 5.82 Å². The van der Waals surface area contributed by atoms with Crippen molar-refractivity contribution in [1.82, 2.24) is 9.29 Å². The quantitative estimate of drug-likeness (QED) is 0.899. The van der Waals surface area contributed by atoms with E-state index < -0.39 is 10.0 Å². The lowest BCUT2D eigenvalue weighted by Crippen LogP contribution is -2.40. The van der Waals surface area contributed by atoms with Crippen LogP contribution in [0.5, 0.6) is 0 Å². The molecule has 1 aromatic heterocycles. The highest BCUT2D eigenvalue weighted by Gasteiger charge is 2.28. The molecule has 0 amide bonds. The average Bonchev–Trinajstić information content (AvgIpc) is 2.60. The van der Waals surface area contributed by atoms with Crippen molar-refractivity contribution in [2.75, 3.05) is 31.6 Å². The Kier molecular flexibility index (Phi) is 5.42. The zero-order chi connectivity index (χ0) is 17.2. The molecule has 7 heteroatoms. The summed E-state index contributed by atoms with van der Waals surface area (Å²) in [6, 6.07) is 3.83. The summed E-state index contributed by atoms with van der Waals surface area (Å²) in [6.45, 7) is 6.27. The van der Waals surface area contributed by atoms with E-state index in [1.807, 2.05) is 0 Å². The first-order chi connectivity index (χ1) is 11.5. The van der Waals surface area contributed by atoms with Crippen LogP contribution in [0, 0.1) is 11.8 Å². The Bertz CT molecular complexity index is 642. The molecule has 0 bridgehead atoms. The van der Waals surface area contributed by atoms with Gasteiger partial charge in [-0.25, -0.2) is 13.4 Å². The zero-order valence-electron chi connectivity index (χ0n) is 14.4. The Labute approximate surface area is 144 Å². The number of aromatic nitrogens is 1. The first-order valence-corrected chi connectivity index (χ1v) is 10.2. The van der Waals surface area contributed by atoms with Gasteiger partial charge in [0.1, 0.15) is 10.7 Å². The van der Waals surface area contributed by atoms with E-state index in [0.29, 0.717) is 44.2 Å². The van der Waals surface area contributed by atoms with Crippen molar-refractivity contribution in [3.8, 4) is 0 Å². The maximum atomic E-state index is 12.6. The SMILES string of the molecule is C[C@@H]1[C@@H](C)CCC[C@H]1Nc1ccc(S(=O)(=O)N2CCOCC2)cn1. The predicted octanol–water partition coefficient (Wildman–Crippen LogP) is 2.34. The topological polar surface area (TPSA) is 71.5 Å². The fourth-order valence-corrected chi connectivity index (χ4v) is 4.88. The van der Waals surface area contributed by atoms with E-state index in [1.165, 1.54) is 23.3 Å². The third-order valence-electron chi connectivity index (χ3n) is 5.38. The van der Waals surface area contributed by atoms with Gasteiger partial charge in [0.2, 0.25) is 10.0 Å². The van der Waals surface area contributed by atoms with Gasteiger partial charge < -0.3 is 10.1 Å². The molecule has 0 spiro atoms. The molecule has 0 unspecified atom stereocenters. The van der Waals surface area contributed by atoms with Crippen LogP contribution in [0.3, 0.4) is 0 Å². The van der Waals surface area contributed by atoms with Gasteiger partial charge in [-0.15, -0.1) is 0 Å². The lowest BCUT2D eigenvalue weighted by Gasteiger charge is -2.35. The van der Waals surface area contributed by atoms with Crippen LogP contribution in [0.2, 0.25) is 0 Å². The van der Waals surface area contributed by atoms with Gasteiger partial charge in [-0.05, 0) is 30.4 Å². The average molecular weight is 353 g/mol. The van der Waals surface area contributed by atoms with Crippen molar-refractivity contribution < 1.29 is 13.2 Å². The zero-order valence-corrected chi connectivity index (χ0v) is 15.3. The molecule has 1 saturated heterocycles. The van der Waals surface area contributed by atoms with Crippen LogP contribution in [0.15, 0.2) is 23.2 Å². The smallest absolute Gasteiger partial charge is 0.244 e.